The van der Waals surface area contributed by atoms with E-state index in [1.807, 2.05) is 60.7 Å². The molecule has 0 unspecified atom stereocenters. The van der Waals surface area contributed by atoms with Gasteiger partial charge in [0.15, 0.2) is 5.11 Å². The molecule has 0 aliphatic rings. The molecule has 0 heterocycles. The zero-order valence-electron chi connectivity index (χ0n) is 13.5. The van der Waals surface area contributed by atoms with Crippen molar-refractivity contribution in [3.05, 3.63) is 94.5 Å². The number of rotatable bonds is 3. The predicted molar refractivity (Wildman–Crippen MR) is 112 cm³/mol. The van der Waals surface area contributed by atoms with Gasteiger partial charge in [0.1, 0.15) is 0 Å². The summed E-state index contributed by atoms with van der Waals surface area (Å²) in [5, 5.41) is 3.72. The summed E-state index contributed by atoms with van der Waals surface area (Å²) in [6, 6.07) is 23.8. The van der Waals surface area contributed by atoms with E-state index < -0.39 is 5.91 Å². The van der Waals surface area contributed by atoms with E-state index in [-0.39, 0.29) is 10.1 Å². The van der Waals surface area contributed by atoms with E-state index in [4.69, 9.17) is 35.4 Å². The van der Waals surface area contributed by atoms with Crippen LogP contribution in [0.5, 0.6) is 0 Å². The minimum absolute atomic E-state index is 0.249. The van der Waals surface area contributed by atoms with Gasteiger partial charge in [-0.15, -0.1) is 0 Å². The molecule has 0 radical (unpaired) electrons. The summed E-state index contributed by atoms with van der Waals surface area (Å²) in [6.45, 7) is 0. The van der Waals surface area contributed by atoms with Gasteiger partial charge < -0.3 is 0 Å². The molecule has 3 rings (SSSR count). The number of nitrogens with zero attached hydrogens (tertiary/aromatic N) is 1. The number of thiocarbonyl (C=S) groups is 1. The second kappa shape index (κ2) is 8.32. The van der Waals surface area contributed by atoms with Crippen molar-refractivity contribution in [2.24, 2.45) is 0 Å². The van der Waals surface area contributed by atoms with Crippen LogP contribution in [0.1, 0.15) is 10.4 Å². The third kappa shape index (κ3) is 4.22. The number of hydrogen-bond acceptors (Lipinski definition) is 2. The number of carbonyl (C=O) groups is 1. The quantitative estimate of drug-likeness (QED) is 0.559. The van der Waals surface area contributed by atoms with E-state index in [2.05, 4.69) is 5.32 Å². The first-order valence-corrected chi connectivity index (χ1v) is 8.93. The molecule has 0 aliphatic heterocycles. The molecule has 0 atom stereocenters. The zero-order chi connectivity index (χ0) is 18.5. The summed E-state index contributed by atoms with van der Waals surface area (Å²) >= 11 is 17.5. The number of halogens is 2. The topological polar surface area (TPSA) is 32.3 Å². The molecule has 0 fully saturated rings. The molecule has 3 nitrogen and oxygen atoms in total. The van der Waals surface area contributed by atoms with Crippen LogP contribution in [0.15, 0.2) is 78.9 Å². The van der Waals surface area contributed by atoms with Gasteiger partial charge in [-0.2, -0.15) is 0 Å². The third-order valence-corrected chi connectivity index (χ3v) is 4.46. The Morgan fingerprint density at radius 1 is 0.846 bits per heavy atom. The fourth-order valence-electron chi connectivity index (χ4n) is 2.43. The van der Waals surface area contributed by atoms with E-state index in [0.29, 0.717) is 10.6 Å². The third-order valence-electron chi connectivity index (χ3n) is 3.63. The Balaban J connectivity index is 1.90. The predicted octanol–water partition coefficient (Wildman–Crippen LogP) is 5.85. The molecular formula is C20H14Cl2N2OS. The molecule has 130 valence electrons. The monoisotopic (exact) mass is 400 g/mol. The van der Waals surface area contributed by atoms with E-state index in [9.17, 15) is 4.79 Å². The lowest BCUT2D eigenvalue weighted by Crippen LogP contribution is -2.40. The molecule has 1 N–H and O–H groups in total. The van der Waals surface area contributed by atoms with Crippen molar-refractivity contribution in [2.75, 3.05) is 4.90 Å². The first-order valence-electron chi connectivity index (χ1n) is 7.77. The molecule has 0 saturated heterocycles. The van der Waals surface area contributed by atoms with Crippen molar-refractivity contribution in [1.82, 2.24) is 5.32 Å². The van der Waals surface area contributed by atoms with Crippen molar-refractivity contribution in [1.29, 1.82) is 0 Å². The summed E-state index contributed by atoms with van der Waals surface area (Å²) in [5.74, 6) is -0.395. The van der Waals surface area contributed by atoms with Crippen molar-refractivity contribution >= 4 is 57.8 Å². The van der Waals surface area contributed by atoms with Gasteiger partial charge in [-0.25, -0.2) is 0 Å². The highest BCUT2D eigenvalue weighted by Crippen LogP contribution is 2.26. The first kappa shape index (κ1) is 18.4. The standard InChI is InChI=1S/C20H14Cl2N2OS/c21-14-11-12-17(18(22)13-14)19(25)23-20(26)24(15-7-3-1-4-8-15)16-9-5-2-6-10-16/h1-13H,(H,23,25,26). The van der Waals surface area contributed by atoms with Gasteiger partial charge in [-0.3, -0.25) is 15.0 Å². The number of nitrogens with one attached hydrogen (secondary N) is 1. The van der Waals surface area contributed by atoms with Crippen LogP contribution in [-0.2, 0) is 0 Å². The van der Waals surface area contributed by atoms with Crippen molar-refractivity contribution in [3.63, 3.8) is 0 Å². The Morgan fingerprint density at radius 2 is 1.38 bits per heavy atom. The van der Waals surface area contributed by atoms with Gasteiger partial charge in [0.2, 0.25) is 0 Å². The average molecular weight is 401 g/mol. The summed E-state index contributed by atoms with van der Waals surface area (Å²) in [5.41, 5.74) is 1.98. The fraction of sp³-hybridized carbons (Fsp3) is 0. The van der Waals surface area contributed by atoms with Gasteiger partial charge in [0, 0.05) is 16.4 Å². The number of carbonyl (C=O) groups excluding carboxylic acids is 1. The maximum atomic E-state index is 12.6. The Morgan fingerprint density at radius 3 is 1.88 bits per heavy atom. The highest BCUT2D eigenvalue weighted by atomic mass is 35.5. The highest BCUT2D eigenvalue weighted by Gasteiger charge is 2.18. The average Bonchev–Trinajstić information content (AvgIpc) is 2.63. The molecule has 3 aromatic rings. The van der Waals surface area contributed by atoms with E-state index in [1.54, 1.807) is 17.0 Å². The maximum Gasteiger partial charge on any atom is 0.258 e. The molecular weight excluding hydrogens is 387 g/mol. The molecule has 1 amide bonds. The molecule has 0 aliphatic carbocycles. The number of amides is 1. The van der Waals surface area contributed by atoms with Crippen molar-refractivity contribution < 1.29 is 4.79 Å². The Kier molecular flexibility index (Phi) is 5.89. The Bertz CT molecular complexity index is 894. The normalized spacial score (nSPS) is 10.2. The van der Waals surface area contributed by atoms with Crippen LogP contribution in [0, 0.1) is 0 Å². The van der Waals surface area contributed by atoms with Gasteiger partial charge in [-0.05, 0) is 54.7 Å². The number of hydrogen-bond donors (Lipinski definition) is 1. The lowest BCUT2D eigenvalue weighted by Gasteiger charge is -2.25. The van der Waals surface area contributed by atoms with Crippen LogP contribution in [0.4, 0.5) is 11.4 Å². The van der Waals surface area contributed by atoms with Crippen molar-refractivity contribution in [3.8, 4) is 0 Å². The molecule has 26 heavy (non-hydrogen) atoms. The number of para-hydroxylation sites is 2. The largest absolute Gasteiger partial charge is 0.298 e. The second-order valence-electron chi connectivity index (χ2n) is 5.39. The highest BCUT2D eigenvalue weighted by molar-refractivity contribution is 7.80. The maximum absolute atomic E-state index is 12.6. The van der Waals surface area contributed by atoms with Gasteiger partial charge in [0.05, 0.1) is 10.6 Å². The minimum Gasteiger partial charge on any atom is -0.298 e. The number of anilines is 2. The minimum atomic E-state index is -0.395. The van der Waals surface area contributed by atoms with Crippen LogP contribution in [0.3, 0.4) is 0 Å². The number of benzene rings is 3. The fourth-order valence-corrected chi connectivity index (χ4v) is 3.23. The molecule has 6 heteroatoms. The summed E-state index contributed by atoms with van der Waals surface area (Å²) in [7, 11) is 0. The first-order chi connectivity index (χ1) is 12.6. The van der Waals surface area contributed by atoms with Crippen molar-refractivity contribution in [2.45, 2.75) is 0 Å². The Labute approximate surface area is 167 Å². The van der Waals surface area contributed by atoms with E-state index in [0.717, 1.165) is 11.4 Å². The second-order valence-corrected chi connectivity index (χ2v) is 6.62. The lowest BCUT2D eigenvalue weighted by molar-refractivity contribution is 0.0977. The molecule has 0 saturated carbocycles. The van der Waals surface area contributed by atoms with Gasteiger partial charge >= 0.3 is 0 Å². The molecule has 0 bridgehead atoms. The van der Waals surface area contributed by atoms with Gasteiger partial charge in [-0.1, -0.05) is 59.6 Å². The molecule has 0 spiro atoms. The van der Waals surface area contributed by atoms with Crippen LogP contribution in [-0.4, -0.2) is 11.0 Å². The smallest absolute Gasteiger partial charge is 0.258 e. The Hall–Kier alpha value is -2.40. The van der Waals surface area contributed by atoms with Gasteiger partial charge in [0.25, 0.3) is 5.91 Å². The van der Waals surface area contributed by atoms with Crippen LogP contribution >= 0.6 is 35.4 Å². The SMILES string of the molecule is O=C(NC(=S)N(c1ccccc1)c1ccccc1)c1ccc(Cl)cc1Cl. The summed E-state index contributed by atoms with van der Waals surface area (Å²) in [6.07, 6.45) is 0. The van der Waals surface area contributed by atoms with Crippen LogP contribution in [0.25, 0.3) is 0 Å². The summed E-state index contributed by atoms with van der Waals surface area (Å²) < 4.78 is 0. The van der Waals surface area contributed by atoms with E-state index in [1.165, 1.54) is 6.07 Å². The lowest BCUT2D eigenvalue weighted by atomic mass is 10.2. The van der Waals surface area contributed by atoms with E-state index >= 15 is 0 Å². The summed E-state index contributed by atoms with van der Waals surface area (Å²) in [4.78, 5) is 14.4. The molecule has 3 aromatic carbocycles. The van der Waals surface area contributed by atoms with Crippen LogP contribution < -0.4 is 10.2 Å². The molecule has 0 aromatic heterocycles. The van der Waals surface area contributed by atoms with Crippen LogP contribution in [0.2, 0.25) is 10.0 Å². The zero-order valence-corrected chi connectivity index (χ0v) is 15.9.